The van der Waals surface area contributed by atoms with Gasteiger partial charge in [-0.05, 0) is 97.8 Å². The Morgan fingerprint density at radius 1 is 0.932 bits per heavy atom. The van der Waals surface area contributed by atoms with E-state index in [2.05, 4.69) is 34.5 Å². The molecule has 226 valence electrons. The van der Waals surface area contributed by atoms with Crippen LogP contribution >= 0.6 is 11.3 Å². The van der Waals surface area contributed by atoms with Crippen LogP contribution in [0.1, 0.15) is 47.2 Å². The molecule has 9 heteroatoms. The Bertz CT molecular complexity index is 1780. The van der Waals surface area contributed by atoms with Crippen LogP contribution in [0.5, 0.6) is 0 Å². The average molecular weight is 615 g/mol. The predicted octanol–water partition coefficient (Wildman–Crippen LogP) is 8.45. The molecule has 0 spiro atoms. The first-order valence-corrected chi connectivity index (χ1v) is 16.0. The number of hydrogen-bond donors (Lipinski definition) is 1. The van der Waals surface area contributed by atoms with Crippen LogP contribution in [0.2, 0.25) is 0 Å². The number of amides is 1. The van der Waals surface area contributed by atoms with Crippen LogP contribution in [0.25, 0.3) is 31.4 Å². The number of fused-ring (bicyclic) bond motifs is 2. The third-order valence-electron chi connectivity index (χ3n) is 8.81. The van der Waals surface area contributed by atoms with Gasteiger partial charge >= 0.3 is 6.18 Å². The van der Waals surface area contributed by atoms with E-state index in [1.807, 2.05) is 35.2 Å². The summed E-state index contributed by atoms with van der Waals surface area (Å²) in [4.78, 5) is 24.8. The average Bonchev–Trinajstić information content (AvgIpc) is 3.80. The van der Waals surface area contributed by atoms with E-state index in [-0.39, 0.29) is 18.5 Å². The monoisotopic (exact) mass is 614 g/mol. The Kier molecular flexibility index (Phi) is 7.76. The van der Waals surface area contributed by atoms with E-state index in [1.54, 1.807) is 11.3 Å². The SMILES string of the molecule is O=C(c1cc(NCc2ccc(C(F)(F)F)cc2)nc2ccc(-c3cc4ccccc4s3)cc12)N1CCC[C@H]1CN1CCCC1. The fourth-order valence-corrected chi connectivity index (χ4v) is 7.54. The highest BCUT2D eigenvalue weighted by atomic mass is 32.1. The summed E-state index contributed by atoms with van der Waals surface area (Å²) < 4.78 is 40.3. The predicted molar refractivity (Wildman–Crippen MR) is 171 cm³/mol. The molecule has 2 aliphatic heterocycles. The minimum atomic E-state index is -4.38. The summed E-state index contributed by atoms with van der Waals surface area (Å²) in [6.45, 7) is 4.10. The van der Waals surface area contributed by atoms with Crippen molar-refractivity contribution in [1.82, 2.24) is 14.8 Å². The van der Waals surface area contributed by atoms with E-state index in [4.69, 9.17) is 4.98 Å². The molecule has 1 amide bonds. The van der Waals surface area contributed by atoms with Crippen molar-refractivity contribution in [3.63, 3.8) is 0 Å². The molecule has 1 atom stereocenters. The lowest BCUT2D eigenvalue weighted by Crippen LogP contribution is -2.42. The highest BCUT2D eigenvalue weighted by molar-refractivity contribution is 7.22. The number of pyridine rings is 1. The van der Waals surface area contributed by atoms with Crippen LogP contribution in [-0.2, 0) is 12.7 Å². The van der Waals surface area contributed by atoms with Crippen molar-refractivity contribution in [2.24, 2.45) is 0 Å². The molecule has 44 heavy (non-hydrogen) atoms. The molecule has 5 aromatic rings. The number of carbonyl (C=O) groups is 1. The largest absolute Gasteiger partial charge is 0.416 e. The van der Waals surface area contributed by atoms with Crippen molar-refractivity contribution in [3.05, 3.63) is 95.6 Å². The van der Waals surface area contributed by atoms with Crippen LogP contribution in [-0.4, -0.2) is 52.9 Å². The third kappa shape index (κ3) is 5.90. The molecular weight excluding hydrogens is 581 g/mol. The molecule has 2 saturated heterocycles. The molecule has 0 radical (unpaired) electrons. The minimum absolute atomic E-state index is 0.00478. The summed E-state index contributed by atoms with van der Waals surface area (Å²) in [5.41, 5.74) is 2.35. The lowest BCUT2D eigenvalue weighted by Gasteiger charge is -2.29. The number of nitrogens with zero attached hydrogens (tertiary/aromatic N) is 3. The standard InChI is InChI=1S/C35H33F3N4OS/c36-35(37,38)26-12-9-23(10-13-26)21-39-33-20-29(34(43)42-17-5-7-27(42)22-41-15-3-4-16-41)28-18-25(11-14-30(28)40-33)32-19-24-6-1-2-8-31(24)44-32/h1-2,6,8-14,18-20,27H,3-5,7,15-17,21-22H2,(H,39,40)/t27-/m0/s1. The highest BCUT2D eigenvalue weighted by Crippen LogP contribution is 2.36. The lowest BCUT2D eigenvalue weighted by molar-refractivity contribution is -0.137. The number of aromatic nitrogens is 1. The molecule has 4 heterocycles. The maximum atomic E-state index is 14.3. The molecule has 2 fully saturated rings. The van der Waals surface area contributed by atoms with Gasteiger partial charge in [-0.2, -0.15) is 13.2 Å². The van der Waals surface area contributed by atoms with E-state index in [9.17, 15) is 18.0 Å². The minimum Gasteiger partial charge on any atom is -0.366 e. The number of alkyl halides is 3. The number of anilines is 1. The first-order chi connectivity index (χ1) is 21.3. The number of carbonyl (C=O) groups excluding carboxylic acids is 1. The molecule has 0 bridgehead atoms. The normalized spacial score (nSPS) is 17.6. The van der Waals surface area contributed by atoms with Gasteiger partial charge in [-0.25, -0.2) is 4.98 Å². The van der Waals surface area contributed by atoms with E-state index >= 15 is 0 Å². The maximum Gasteiger partial charge on any atom is 0.416 e. The molecule has 7 rings (SSSR count). The van der Waals surface area contributed by atoms with Crippen molar-refractivity contribution in [3.8, 4) is 10.4 Å². The smallest absolute Gasteiger partial charge is 0.366 e. The molecule has 3 aromatic carbocycles. The number of rotatable bonds is 7. The summed E-state index contributed by atoms with van der Waals surface area (Å²) >= 11 is 1.72. The number of halogens is 3. The fourth-order valence-electron chi connectivity index (χ4n) is 6.49. The molecule has 0 aliphatic carbocycles. The lowest BCUT2D eigenvalue weighted by atomic mass is 10.0. The second-order valence-corrected chi connectivity index (χ2v) is 12.9. The van der Waals surface area contributed by atoms with Gasteiger partial charge in [-0.1, -0.05) is 36.4 Å². The van der Waals surface area contributed by atoms with E-state index in [1.165, 1.54) is 35.1 Å². The van der Waals surface area contributed by atoms with Gasteiger partial charge in [-0.15, -0.1) is 11.3 Å². The van der Waals surface area contributed by atoms with Crippen molar-refractivity contribution in [2.75, 3.05) is 31.5 Å². The molecule has 2 aliphatic rings. The van der Waals surface area contributed by atoms with Gasteiger partial charge in [0.15, 0.2) is 0 Å². The first-order valence-electron chi connectivity index (χ1n) is 15.2. The summed E-state index contributed by atoms with van der Waals surface area (Å²) in [5, 5.41) is 5.25. The van der Waals surface area contributed by atoms with Crippen LogP contribution in [0.15, 0.2) is 78.9 Å². The van der Waals surface area contributed by atoms with Crippen LogP contribution in [0.3, 0.4) is 0 Å². The first kappa shape index (κ1) is 28.8. The summed E-state index contributed by atoms with van der Waals surface area (Å²) in [6, 6.07) is 23.7. The molecule has 5 nitrogen and oxygen atoms in total. The molecule has 0 unspecified atom stereocenters. The molecule has 1 N–H and O–H groups in total. The maximum absolute atomic E-state index is 14.3. The van der Waals surface area contributed by atoms with Gasteiger partial charge in [0.25, 0.3) is 5.91 Å². The van der Waals surface area contributed by atoms with Crippen molar-refractivity contribution in [2.45, 2.75) is 44.4 Å². The van der Waals surface area contributed by atoms with E-state index in [0.29, 0.717) is 22.5 Å². The van der Waals surface area contributed by atoms with Gasteiger partial charge in [0.05, 0.1) is 16.6 Å². The number of benzene rings is 3. The molecule has 0 saturated carbocycles. The summed E-state index contributed by atoms with van der Waals surface area (Å²) in [6.07, 6.45) is 0.0307. The van der Waals surface area contributed by atoms with Gasteiger partial charge in [0, 0.05) is 40.6 Å². The van der Waals surface area contributed by atoms with E-state index in [0.717, 1.165) is 67.0 Å². The topological polar surface area (TPSA) is 48.5 Å². The number of thiophene rings is 1. The highest BCUT2D eigenvalue weighted by Gasteiger charge is 2.33. The number of likely N-dealkylation sites (tertiary alicyclic amines) is 2. The summed E-state index contributed by atoms with van der Waals surface area (Å²) in [5.74, 6) is 0.524. The zero-order chi connectivity index (χ0) is 30.3. The Balaban J connectivity index is 1.23. The van der Waals surface area contributed by atoms with Crippen molar-refractivity contribution < 1.29 is 18.0 Å². The van der Waals surface area contributed by atoms with Crippen LogP contribution in [0, 0.1) is 0 Å². The second-order valence-electron chi connectivity index (χ2n) is 11.8. The van der Waals surface area contributed by atoms with E-state index < -0.39 is 11.7 Å². The fraction of sp³-hybridized carbons (Fsp3) is 0.314. The number of nitrogens with one attached hydrogen (secondary N) is 1. The Morgan fingerprint density at radius 2 is 1.73 bits per heavy atom. The van der Waals surface area contributed by atoms with Gasteiger partial charge in [-0.3, -0.25) is 4.79 Å². The Hall–Kier alpha value is -3.95. The Labute approximate surface area is 258 Å². The molecule has 2 aromatic heterocycles. The molecular formula is C35H33F3N4OS. The van der Waals surface area contributed by atoms with Gasteiger partial charge in [0.1, 0.15) is 5.82 Å². The number of hydrogen-bond acceptors (Lipinski definition) is 5. The van der Waals surface area contributed by atoms with Gasteiger partial charge < -0.3 is 15.1 Å². The quantitative estimate of drug-likeness (QED) is 0.200. The zero-order valence-corrected chi connectivity index (χ0v) is 25.1. The van der Waals surface area contributed by atoms with Crippen LogP contribution < -0.4 is 5.32 Å². The summed E-state index contributed by atoms with van der Waals surface area (Å²) in [7, 11) is 0. The van der Waals surface area contributed by atoms with Gasteiger partial charge in [0.2, 0.25) is 0 Å². The second kappa shape index (κ2) is 11.9. The van der Waals surface area contributed by atoms with Crippen molar-refractivity contribution in [1.29, 1.82) is 0 Å². The van der Waals surface area contributed by atoms with Crippen molar-refractivity contribution >= 4 is 44.1 Å². The third-order valence-corrected chi connectivity index (χ3v) is 9.97. The van der Waals surface area contributed by atoms with Crippen LogP contribution in [0.4, 0.5) is 19.0 Å². The Morgan fingerprint density at radius 3 is 2.50 bits per heavy atom. The zero-order valence-electron chi connectivity index (χ0n) is 24.2.